The van der Waals surface area contributed by atoms with Gasteiger partial charge in [-0.3, -0.25) is 0 Å². The van der Waals surface area contributed by atoms with E-state index in [1.807, 2.05) is 36.4 Å². The Kier molecular flexibility index (Phi) is 5.36. The molecule has 0 heterocycles. The van der Waals surface area contributed by atoms with Gasteiger partial charge in [0.15, 0.2) is 0 Å². The second-order valence-corrected chi connectivity index (χ2v) is 4.88. The minimum Gasteiger partial charge on any atom is -0.497 e. The maximum atomic E-state index is 9.12. The number of ether oxygens (including phenoxy) is 1. The maximum Gasteiger partial charge on any atom is 0.118 e. The van der Waals surface area contributed by atoms with Crippen molar-refractivity contribution in [3.63, 3.8) is 0 Å². The van der Waals surface area contributed by atoms with Crippen LogP contribution in [0.4, 0.5) is 0 Å². The smallest absolute Gasteiger partial charge is 0.118 e. The van der Waals surface area contributed by atoms with Crippen LogP contribution in [0.15, 0.2) is 48.5 Å². The van der Waals surface area contributed by atoms with Crippen molar-refractivity contribution < 1.29 is 4.74 Å². The Morgan fingerprint density at radius 2 is 1.86 bits per heavy atom. The van der Waals surface area contributed by atoms with Gasteiger partial charge in [0.2, 0.25) is 0 Å². The third-order valence-corrected chi connectivity index (χ3v) is 3.60. The van der Waals surface area contributed by atoms with Crippen LogP contribution in [0.2, 0.25) is 0 Å². The molecule has 2 rings (SSSR count). The van der Waals surface area contributed by atoms with Crippen LogP contribution in [0.5, 0.6) is 5.75 Å². The fraction of sp³-hybridized carbons (Fsp3) is 0.278. The van der Waals surface area contributed by atoms with Crippen LogP contribution in [0.3, 0.4) is 0 Å². The first-order valence-corrected chi connectivity index (χ1v) is 7.13. The highest BCUT2D eigenvalue weighted by Gasteiger charge is 2.10. The van der Waals surface area contributed by atoms with Gasteiger partial charge >= 0.3 is 0 Å². The van der Waals surface area contributed by atoms with Crippen molar-refractivity contribution in [1.29, 1.82) is 5.26 Å². The summed E-state index contributed by atoms with van der Waals surface area (Å²) in [6.07, 6.45) is 0.987. The molecule has 0 fully saturated rings. The van der Waals surface area contributed by atoms with Crippen molar-refractivity contribution in [1.82, 2.24) is 5.32 Å². The summed E-state index contributed by atoms with van der Waals surface area (Å²) in [6, 6.07) is 18.3. The van der Waals surface area contributed by atoms with Gasteiger partial charge in [0, 0.05) is 12.6 Å². The second kappa shape index (κ2) is 7.47. The quantitative estimate of drug-likeness (QED) is 0.875. The van der Waals surface area contributed by atoms with E-state index in [0.29, 0.717) is 6.54 Å². The lowest BCUT2D eigenvalue weighted by molar-refractivity contribution is 0.414. The molecule has 1 N–H and O–H groups in total. The molecule has 21 heavy (non-hydrogen) atoms. The standard InChI is InChI=1S/C18H20N2O/c1-3-18(14-8-10-17(21-2)11-9-14)20-13-16-7-5-4-6-15(16)12-19/h4-11,18,20H,3,13H2,1-2H3. The largest absolute Gasteiger partial charge is 0.497 e. The lowest BCUT2D eigenvalue weighted by Gasteiger charge is -2.18. The van der Waals surface area contributed by atoms with Crippen molar-refractivity contribution in [2.24, 2.45) is 0 Å². The van der Waals surface area contributed by atoms with Crippen LogP contribution in [-0.4, -0.2) is 7.11 Å². The van der Waals surface area contributed by atoms with Crippen molar-refractivity contribution in [2.45, 2.75) is 25.9 Å². The lowest BCUT2D eigenvalue weighted by Crippen LogP contribution is -2.20. The van der Waals surface area contributed by atoms with Gasteiger partial charge in [0.1, 0.15) is 5.75 Å². The summed E-state index contributed by atoms with van der Waals surface area (Å²) < 4.78 is 5.19. The summed E-state index contributed by atoms with van der Waals surface area (Å²) in [6.45, 7) is 2.84. The predicted octanol–water partition coefficient (Wildman–Crippen LogP) is 3.81. The number of nitrogens with one attached hydrogen (secondary N) is 1. The minimum atomic E-state index is 0.266. The highest BCUT2D eigenvalue weighted by atomic mass is 16.5. The first-order valence-electron chi connectivity index (χ1n) is 7.13. The molecule has 3 nitrogen and oxygen atoms in total. The number of hydrogen-bond acceptors (Lipinski definition) is 3. The van der Waals surface area contributed by atoms with E-state index in [-0.39, 0.29) is 6.04 Å². The molecule has 0 aromatic heterocycles. The monoisotopic (exact) mass is 280 g/mol. The first kappa shape index (κ1) is 15.1. The minimum absolute atomic E-state index is 0.266. The summed E-state index contributed by atoms with van der Waals surface area (Å²) in [5.41, 5.74) is 2.99. The molecule has 0 radical (unpaired) electrons. The maximum absolute atomic E-state index is 9.12. The average molecular weight is 280 g/mol. The molecule has 0 aliphatic heterocycles. The van der Waals surface area contributed by atoms with Crippen LogP contribution < -0.4 is 10.1 Å². The summed E-state index contributed by atoms with van der Waals surface area (Å²) in [7, 11) is 1.67. The number of benzene rings is 2. The molecule has 2 aromatic carbocycles. The van der Waals surface area contributed by atoms with Crippen molar-refractivity contribution in [3.05, 3.63) is 65.2 Å². The molecule has 3 heteroatoms. The molecule has 0 aliphatic rings. The Morgan fingerprint density at radius 1 is 1.14 bits per heavy atom. The van der Waals surface area contributed by atoms with E-state index in [9.17, 15) is 0 Å². The lowest BCUT2D eigenvalue weighted by atomic mass is 10.0. The Labute approximate surface area is 126 Å². The molecular formula is C18H20N2O. The van der Waals surface area contributed by atoms with Gasteiger partial charge < -0.3 is 10.1 Å². The van der Waals surface area contributed by atoms with Crippen molar-refractivity contribution in [3.8, 4) is 11.8 Å². The number of rotatable bonds is 6. The van der Waals surface area contributed by atoms with Gasteiger partial charge in [-0.1, -0.05) is 37.3 Å². The van der Waals surface area contributed by atoms with Crippen LogP contribution in [0.1, 0.15) is 36.1 Å². The van der Waals surface area contributed by atoms with E-state index in [1.54, 1.807) is 7.11 Å². The summed E-state index contributed by atoms with van der Waals surface area (Å²) in [4.78, 5) is 0. The highest BCUT2D eigenvalue weighted by molar-refractivity contribution is 5.37. The zero-order valence-electron chi connectivity index (χ0n) is 12.5. The molecule has 1 atom stereocenters. The molecule has 0 aliphatic carbocycles. The highest BCUT2D eigenvalue weighted by Crippen LogP contribution is 2.21. The topological polar surface area (TPSA) is 45.0 Å². The van der Waals surface area contributed by atoms with Crippen LogP contribution in [0.25, 0.3) is 0 Å². The van der Waals surface area contributed by atoms with E-state index in [4.69, 9.17) is 10.00 Å². The molecule has 0 amide bonds. The number of nitriles is 1. The Morgan fingerprint density at radius 3 is 2.48 bits per heavy atom. The Balaban J connectivity index is 2.07. The third kappa shape index (κ3) is 3.84. The van der Waals surface area contributed by atoms with Gasteiger partial charge in [-0.2, -0.15) is 5.26 Å². The predicted molar refractivity (Wildman–Crippen MR) is 84.0 cm³/mol. The zero-order valence-corrected chi connectivity index (χ0v) is 12.5. The molecule has 108 valence electrons. The van der Waals surface area contributed by atoms with Crippen molar-refractivity contribution >= 4 is 0 Å². The molecule has 0 saturated carbocycles. The number of methoxy groups -OCH3 is 1. The van der Waals surface area contributed by atoms with Gasteiger partial charge in [0.25, 0.3) is 0 Å². The Bertz CT molecular complexity index is 614. The first-order chi connectivity index (χ1) is 10.3. The van der Waals surface area contributed by atoms with Gasteiger partial charge in [-0.05, 0) is 35.7 Å². The fourth-order valence-corrected chi connectivity index (χ4v) is 2.35. The van der Waals surface area contributed by atoms with Gasteiger partial charge in [-0.25, -0.2) is 0 Å². The normalized spacial score (nSPS) is 11.7. The van der Waals surface area contributed by atoms with E-state index in [0.717, 1.165) is 23.3 Å². The molecule has 0 saturated heterocycles. The van der Waals surface area contributed by atoms with Crippen LogP contribution in [-0.2, 0) is 6.54 Å². The SMILES string of the molecule is CCC(NCc1ccccc1C#N)c1ccc(OC)cc1. The second-order valence-electron chi connectivity index (χ2n) is 4.88. The fourth-order valence-electron chi connectivity index (χ4n) is 2.35. The zero-order chi connectivity index (χ0) is 15.1. The molecule has 0 spiro atoms. The molecule has 0 bridgehead atoms. The molecule has 1 unspecified atom stereocenters. The van der Waals surface area contributed by atoms with E-state index in [2.05, 4.69) is 30.4 Å². The van der Waals surface area contributed by atoms with Crippen LogP contribution >= 0.6 is 0 Å². The van der Waals surface area contributed by atoms with E-state index >= 15 is 0 Å². The van der Waals surface area contributed by atoms with Gasteiger partial charge in [-0.15, -0.1) is 0 Å². The number of hydrogen-bond donors (Lipinski definition) is 1. The van der Waals surface area contributed by atoms with Crippen molar-refractivity contribution in [2.75, 3.05) is 7.11 Å². The van der Waals surface area contributed by atoms with Gasteiger partial charge in [0.05, 0.1) is 18.7 Å². The summed E-state index contributed by atoms with van der Waals surface area (Å²) >= 11 is 0. The van der Waals surface area contributed by atoms with E-state index in [1.165, 1.54) is 5.56 Å². The third-order valence-electron chi connectivity index (χ3n) is 3.60. The van der Waals surface area contributed by atoms with Crippen LogP contribution in [0, 0.1) is 11.3 Å². The Hall–Kier alpha value is -2.31. The molecular weight excluding hydrogens is 260 g/mol. The number of nitrogens with zero attached hydrogens (tertiary/aromatic N) is 1. The van der Waals surface area contributed by atoms with E-state index < -0.39 is 0 Å². The average Bonchev–Trinajstić information content (AvgIpc) is 2.56. The molecule has 2 aromatic rings. The summed E-state index contributed by atoms with van der Waals surface area (Å²) in [5, 5.41) is 12.6. The summed E-state index contributed by atoms with van der Waals surface area (Å²) in [5.74, 6) is 0.864.